The third-order valence-corrected chi connectivity index (χ3v) is 5.21. The zero-order chi connectivity index (χ0) is 16.5. The van der Waals surface area contributed by atoms with Gasteiger partial charge in [0, 0.05) is 42.8 Å². The number of rotatable bonds is 2. The molecule has 4 rings (SSSR count). The number of nitrogens with one attached hydrogen (secondary N) is 1. The molecule has 124 valence electrons. The van der Waals surface area contributed by atoms with E-state index in [2.05, 4.69) is 23.5 Å². The fourth-order valence-electron chi connectivity index (χ4n) is 3.93. The Morgan fingerprint density at radius 2 is 1.92 bits per heavy atom. The van der Waals surface area contributed by atoms with Gasteiger partial charge < -0.3 is 16.0 Å². The first-order valence-electron chi connectivity index (χ1n) is 8.69. The van der Waals surface area contributed by atoms with Gasteiger partial charge in [-0.1, -0.05) is 36.4 Å². The SMILES string of the molecule is N[C@@H]1CN(C(=O)c2cccc3c2CCCN3)C[C@H]1c1ccccc1. The van der Waals surface area contributed by atoms with E-state index in [1.54, 1.807) is 0 Å². The summed E-state index contributed by atoms with van der Waals surface area (Å²) in [5.41, 5.74) is 10.7. The molecule has 4 heteroatoms. The van der Waals surface area contributed by atoms with Crippen molar-refractivity contribution in [2.45, 2.75) is 24.8 Å². The summed E-state index contributed by atoms with van der Waals surface area (Å²) in [7, 11) is 0. The van der Waals surface area contributed by atoms with Gasteiger partial charge >= 0.3 is 0 Å². The quantitative estimate of drug-likeness (QED) is 0.894. The van der Waals surface area contributed by atoms with E-state index in [1.165, 1.54) is 5.56 Å². The van der Waals surface area contributed by atoms with Crippen LogP contribution in [0.2, 0.25) is 0 Å². The molecule has 1 saturated heterocycles. The van der Waals surface area contributed by atoms with Crippen LogP contribution in [-0.4, -0.2) is 36.5 Å². The van der Waals surface area contributed by atoms with Gasteiger partial charge in [0.15, 0.2) is 0 Å². The molecule has 4 nitrogen and oxygen atoms in total. The third-order valence-electron chi connectivity index (χ3n) is 5.21. The molecule has 0 aromatic heterocycles. The number of fused-ring (bicyclic) bond motifs is 1. The molecular weight excluding hydrogens is 298 g/mol. The van der Waals surface area contributed by atoms with Gasteiger partial charge in [-0.05, 0) is 36.1 Å². The van der Waals surface area contributed by atoms with Crippen molar-refractivity contribution in [2.24, 2.45) is 5.73 Å². The standard InChI is InChI=1S/C20H23N3O/c21-18-13-23(12-17(18)14-6-2-1-3-7-14)20(24)16-8-4-10-19-15(16)9-5-11-22-19/h1-4,6-8,10,17-18,22H,5,9,11-13,21H2/t17-,18+/m0/s1. The third kappa shape index (κ3) is 2.67. The van der Waals surface area contributed by atoms with Crippen LogP contribution in [0.15, 0.2) is 48.5 Å². The van der Waals surface area contributed by atoms with Crippen molar-refractivity contribution in [1.82, 2.24) is 4.90 Å². The highest BCUT2D eigenvalue weighted by atomic mass is 16.2. The van der Waals surface area contributed by atoms with Gasteiger partial charge in [0.05, 0.1) is 0 Å². The highest BCUT2D eigenvalue weighted by molar-refractivity contribution is 5.97. The maximum atomic E-state index is 13.1. The summed E-state index contributed by atoms with van der Waals surface area (Å²) >= 11 is 0. The topological polar surface area (TPSA) is 58.4 Å². The van der Waals surface area contributed by atoms with Crippen LogP contribution in [0, 0.1) is 0 Å². The highest BCUT2D eigenvalue weighted by Gasteiger charge is 2.35. The number of nitrogens with zero attached hydrogens (tertiary/aromatic N) is 1. The number of benzene rings is 2. The molecule has 2 heterocycles. The zero-order valence-electron chi connectivity index (χ0n) is 13.7. The zero-order valence-corrected chi connectivity index (χ0v) is 13.7. The lowest BCUT2D eigenvalue weighted by Gasteiger charge is -2.23. The fraction of sp³-hybridized carbons (Fsp3) is 0.350. The Bertz CT molecular complexity index is 744. The summed E-state index contributed by atoms with van der Waals surface area (Å²) < 4.78 is 0. The Hall–Kier alpha value is -2.33. The number of hydrogen-bond acceptors (Lipinski definition) is 3. The van der Waals surface area contributed by atoms with Gasteiger partial charge in [0.1, 0.15) is 0 Å². The van der Waals surface area contributed by atoms with E-state index >= 15 is 0 Å². The fourth-order valence-corrected chi connectivity index (χ4v) is 3.93. The van der Waals surface area contributed by atoms with Crippen molar-refractivity contribution in [3.63, 3.8) is 0 Å². The molecule has 0 saturated carbocycles. The molecule has 0 spiro atoms. The van der Waals surface area contributed by atoms with Crippen LogP contribution in [0.3, 0.4) is 0 Å². The molecule has 0 radical (unpaired) electrons. The minimum absolute atomic E-state index is 0.00554. The van der Waals surface area contributed by atoms with E-state index in [-0.39, 0.29) is 17.9 Å². The van der Waals surface area contributed by atoms with Gasteiger partial charge in [-0.3, -0.25) is 4.79 Å². The van der Waals surface area contributed by atoms with Crippen LogP contribution in [0.4, 0.5) is 5.69 Å². The van der Waals surface area contributed by atoms with Crippen LogP contribution in [0.5, 0.6) is 0 Å². The lowest BCUT2D eigenvalue weighted by Crippen LogP contribution is -2.33. The Kier molecular flexibility index (Phi) is 3.98. The van der Waals surface area contributed by atoms with E-state index in [0.29, 0.717) is 13.1 Å². The molecule has 2 aromatic rings. The first kappa shape index (κ1) is 15.2. The van der Waals surface area contributed by atoms with Crippen molar-refractivity contribution in [3.05, 3.63) is 65.2 Å². The highest BCUT2D eigenvalue weighted by Crippen LogP contribution is 2.30. The van der Waals surface area contributed by atoms with Crippen molar-refractivity contribution < 1.29 is 4.79 Å². The van der Waals surface area contributed by atoms with E-state index in [0.717, 1.165) is 36.2 Å². The number of nitrogens with two attached hydrogens (primary N) is 1. The predicted octanol–water partition coefficient (Wildman–Crippen LogP) is 2.61. The van der Waals surface area contributed by atoms with Crippen LogP contribution in [-0.2, 0) is 6.42 Å². The number of anilines is 1. The molecule has 2 aliphatic heterocycles. The van der Waals surface area contributed by atoms with Crippen molar-refractivity contribution in [1.29, 1.82) is 0 Å². The number of carbonyl (C=O) groups excluding carboxylic acids is 1. The predicted molar refractivity (Wildman–Crippen MR) is 96.3 cm³/mol. The van der Waals surface area contributed by atoms with Gasteiger partial charge in [0.25, 0.3) is 5.91 Å². The molecule has 24 heavy (non-hydrogen) atoms. The Balaban J connectivity index is 1.58. The summed E-state index contributed by atoms with van der Waals surface area (Å²) in [5, 5.41) is 3.40. The molecule has 1 amide bonds. The van der Waals surface area contributed by atoms with E-state index in [9.17, 15) is 4.79 Å². The van der Waals surface area contributed by atoms with Crippen LogP contribution >= 0.6 is 0 Å². The first-order chi connectivity index (χ1) is 11.7. The second kappa shape index (κ2) is 6.29. The number of carbonyl (C=O) groups is 1. The molecular formula is C20H23N3O. The molecule has 2 aliphatic rings. The first-order valence-corrected chi connectivity index (χ1v) is 8.69. The summed E-state index contributed by atoms with van der Waals surface area (Å²) in [5.74, 6) is 0.331. The van der Waals surface area contributed by atoms with Gasteiger partial charge in [-0.15, -0.1) is 0 Å². The molecule has 3 N–H and O–H groups in total. The van der Waals surface area contributed by atoms with Gasteiger partial charge in [-0.25, -0.2) is 0 Å². The summed E-state index contributed by atoms with van der Waals surface area (Å²) in [6, 6.07) is 16.3. The maximum absolute atomic E-state index is 13.1. The normalized spacial score (nSPS) is 22.8. The lowest BCUT2D eigenvalue weighted by atomic mass is 9.95. The molecule has 0 bridgehead atoms. The lowest BCUT2D eigenvalue weighted by molar-refractivity contribution is 0.0788. The molecule has 1 fully saturated rings. The molecule has 0 unspecified atom stereocenters. The van der Waals surface area contributed by atoms with E-state index in [1.807, 2.05) is 35.2 Å². The van der Waals surface area contributed by atoms with Crippen LogP contribution in [0.1, 0.15) is 33.8 Å². The Labute approximate surface area is 142 Å². The average molecular weight is 321 g/mol. The minimum atomic E-state index is -0.00554. The second-order valence-electron chi connectivity index (χ2n) is 6.75. The van der Waals surface area contributed by atoms with Crippen LogP contribution < -0.4 is 11.1 Å². The van der Waals surface area contributed by atoms with Crippen molar-refractivity contribution in [3.8, 4) is 0 Å². The van der Waals surface area contributed by atoms with Crippen molar-refractivity contribution >= 4 is 11.6 Å². The smallest absolute Gasteiger partial charge is 0.254 e. The average Bonchev–Trinajstić information content (AvgIpc) is 3.03. The van der Waals surface area contributed by atoms with E-state index < -0.39 is 0 Å². The summed E-state index contributed by atoms with van der Waals surface area (Å²) in [6.45, 7) is 2.30. The Morgan fingerprint density at radius 1 is 1.08 bits per heavy atom. The summed E-state index contributed by atoms with van der Waals surface area (Å²) in [6.07, 6.45) is 2.04. The molecule has 2 aromatic carbocycles. The van der Waals surface area contributed by atoms with Gasteiger partial charge in [-0.2, -0.15) is 0 Å². The van der Waals surface area contributed by atoms with Crippen LogP contribution in [0.25, 0.3) is 0 Å². The van der Waals surface area contributed by atoms with Crippen molar-refractivity contribution in [2.75, 3.05) is 25.0 Å². The Morgan fingerprint density at radius 3 is 2.75 bits per heavy atom. The molecule has 2 atom stereocenters. The number of likely N-dealkylation sites (tertiary alicyclic amines) is 1. The monoisotopic (exact) mass is 321 g/mol. The maximum Gasteiger partial charge on any atom is 0.254 e. The number of amides is 1. The number of hydrogen-bond donors (Lipinski definition) is 2. The van der Waals surface area contributed by atoms with E-state index in [4.69, 9.17) is 5.73 Å². The molecule has 0 aliphatic carbocycles. The largest absolute Gasteiger partial charge is 0.385 e. The summed E-state index contributed by atoms with van der Waals surface area (Å²) in [4.78, 5) is 15.0. The minimum Gasteiger partial charge on any atom is -0.385 e. The second-order valence-corrected chi connectivity index (χ2v) is 6.75. The van der Waals surface area contributed by atoms with Gasteiger partial charge in [0.2, 0.25) is 0 Å².